The SMILES string of the molecule is COc1ccc(Cl)cc1NC(=O)N/C=C(\C)C(C)C. The van der Waals surface area contributed by atoms with E-state index in [1.54, 1.807) is 24.4 Å². The minimum absolute atomic E-state index is 0.333. The van der Waals surface area contributed by atoms with Crippen LogP contribution in [0.2, 0.25) is 5.02 Å². The molecule has 0 atom stereocenters. The molecule has 0 radical (unpaired) electrons. The summed E-state index contributed by atoms with van der Waals surface area (Å²) in [5.74, 6) is 0.949. The second-order valence-corrected chi connectivity index (χ2v) is 4.92. The van der Waals surface area contributed by atoms with E-state index in [-0.39, 0.29) is 6.03 Å². The predicted octanol–water partition coefficient (Wildman–Crippen LogP) is 4.03. The third kappa shape index (κ3) is 4.83. The highest BCUT2D eigenvalue weighted by atomic mass is 35.5. The molecule has 0 aliphatic heterocycles. The van der Waals surface area contributed by atoms with E-state index in [2.05, 4.69) is 24.5 Å². The lowest BCUT2D eigenvalue weighted by Gasteiger charge is -2.11. The normalized spacial score (nSPS) is 11.4. The van der Waals surface area contributed by atoms with Gasteiger partial charge in [-0.15, -0.1) is 0 Å². The van der Waals surface area contributed by atoms with E-state index in [1.807, 2.05) is 6.92 Å². The number of carbonyl (C=O) groups excluding carboxylic acids is 1. The number of amides is 2. The number of benzene rings is 1. The topological polar surface area (TPSA) is 50.4 Å². The van der Waals surface area contributed by atoms with E-state index in [1.165, 1.54) is 7.11 Å². The van der Waals surface area contributed by atoms with Crippen LogP contribution in [-0.4, -0.2) is 13.1 Å². The number of nitrogens with one attached hydrogen (secondary N) is 2. The molecule has 2 amide bonds. The third-order valence-electron chi connectivity index (χ3n) is 2.75. The van der Waals surface area contributed by atoms with Crippen LogP contribution in [-0.2, 0) is 0 Å². The molecule has 0 spiro atoms. The Labute approximate surface area is 118 Å². The van der Waals surface area contributed by atoms with Gasteiger partial charge in [0.25, 0.3) is 0 Å². The van der Waals surface area contributed by atoms with Crippen LogP contribution in [0.4, 0.5) is 10.5 Å². The fourth-order valence-electron chi connectivity index (χ4n) is 1.28. The quantitative estimate of drug-likeness (QED) is 0.876. The molecule has 0 aromatic heterocycles. The summed E-state index contributed by atoms with van der Waals surface area (Å²) >= 11 is 5.89. The molecule has 0 heterocycles. The van der Waals surface area contributed by atoms with Gasteiger partial charge >= 0.3 is 6.03 Å². The van der Waals surface area contributed by atoms with Crippen LogP contribution < -0.4 is 15.4 Å². The molecule has 4 nitrogen and oxygen atoms in total. The number of urea groups is 1. The summed E-state index contributed by atoms with van der Waals surface area (Å²) in [4.78, 5) is 11.8. The van der Waals surface area contributed by atoms with Gasteiger partial charge in [-0.2, -0.15) is 0 Å². The monoisotopic (exact) mass is 282 g/mol. The summed E-state index contributed by atoms with van der Waals surface area (Å²) in [7, 11) is 1.54. The second kappa shape index (κ2) is 7.04. The summed E-state index contributed by atoms with van der Waals surface area (Å²) in [5, 5.41) is 5.90. The number of carbonyl (C=O) groups is 1. The molecule has 104 valence electrons. The number of halogens is 1. The molecule has 1 aromatic rings. The second-order valence-electron chi connectivity index (χ2n) is 4.49. The molecule has 0 aliphatic rings. The molecule has 1 aromatic carbocycles. The van der Waals surface area contributed by atoms with E-state index in [0.717, 1.165) is 5.57 Å². The van der Waals surface area contributed by atoms with Crippen LogP contribution in [0.25, 0.3) is 0 Å². The summed E-state index contributed by atoms with van der Waals surface area (Å²) < 4.78 is 5.15. The predicted molar refractivity (Wildman–Crippen MR) is 78.8 cm³/mol. The first-order valence-electron chi connectivity index (χ1n) is 6.01. The molecule has 1 rings (SSSR count). The van der Waals surface area contributed by atoms with Crippen LogP contribution in [0.3, 0.4) is 0 Å². The molecule has 0 aliphatic carbocycles. The van der Waals surface area contributed by atoms with Gasteiger partial charge in [-0.3, -0.25) is 0 Å². The van der Waals surface area contributed by atoms with Gasteiger partial charge in [-0.1, -0.05) is 31.0 Å². The number of allylic oxidation sites excluding steroid dienone is 1. The van der Waals surface area contributed by atoms with Crippen LogP contribution in [0.1, 0.15) is 20.8 Å². The number of hydrogen-bond donors (Lipinski definition) is 2. The van der Waals surface area contributed by atoms with Crippen molar-refractivity contribution in [2.75, 3.05) is 12.4 Å². The molecule has 0 saturated carbocycles. The van der Waals surface area contributed by atoms with Crippen molar-refractivity contribution in [2.45, 2.75) is 20.8 Å². The summed E-state index contributed by atoms with van der Waals surface area (Å²) in [5.41, 5.74) is 1.62. The summed E-state index contributed by atoms with van der Waals surface area (Å²) in [6, 6.07) is 4.71. The standard InChI is InChI=1S/C14H19ClN2O2/c1-9(2)10(3)8-16-14(18)17-12-7-11(15)5-6-13(12)19-4/h5-9H,1-4H3,(H2,16,17,18)/b10-8+. The van der Waals surface area contributed by atoms with Crippen LogP contribution in [0.5, 0.6) is 5.75 Å². The van der Waals surface area contributed by atoms with E-state index in [9.17, 15) is 4.79 Å². The lowest BCUT2D eigenvalue weighted by atomic mass is 10.1. The summed E-state index contributed by atoms with van der Waals surface area (Å²) in [6.07, 6.45) is 1.69. The molecular weight excluding hydrogens is 264 g/mol. The van der Waals surface area contributed by atoms with Gasteiger partial charge in [0, 0.05) is 11.2 Å². The zero-order chi connectivity index (χ0) is 14.4. The minimum Gasteiger partial charge on any atom is -0.495 e. The zero-order valence-electron chi connectivity index (χ0n) is 11.6. The number of hydrogen-bond acceptors (Lipinski definition) is 2. The molecule has 0 bridgehead atoms. The molecule has 0 unspecified atom stereocenters. The fourth-order valence-corrected chi connectivity index (χ4v) is 1.45. The summed E-state index contributed by atoms with van der Waals surface area (Å²) in [6.45, 7) is 6.09. The van der Waals surface area contributed by atoms with Crippen molar-refractivity contribution in [3.05, 3.63) is 35.0 Å². The zero-order valence-corrected chi connectivity index (χ0v) is 12.3. The van der Waals surface area contributed by atoms with Crippen molar-refractivity contribution >= 4 is 23.3 Å². The maximum absolute atomic E-state index is 11.8. The van der Waals surface area contributed by atoms with E-state index >= 15 is 0 Å². The molecule has 5 heteroatoms. The minimum atomic E-state index is -0.333. The molecule has 0 fully saturated rings. The van der Waals surface area contributed by atoms with Gasteiger partial charge in [-0.25, -0.2) is 4.79 Å². The highest BCUT2D eigenvalue weighted by molar-refractivity contribution is 6.31. The first kappa shape index (κ1) is 15.4. The van der Waals surface area contributed by atoms with Gasteiger partial charge in [0.15, 0.2) is 0 Å². The van der Waals surface area contributed by atoms with E-state index < -0.39 is 0 Å². The van der Waals surface area contributed by atoms with Gasteiger partial charge in [-0.05, 0) is 31.0 Å². The Kier molecular flexibility index (Phi) is 5.70. The Morgan fingerprint density at radius 2 is 2.11 bits per heavy atom. The highest BCUT2D eigenvalue weighted by Gasteiger charge is 2.07. The van der Waals surface area contributed by atoms with Crippen LogP contribution in [0, 0.1) is 5.92 Å². The Bertz CT molecular complexity index is 484. The Morgan fingerprint density at radius 1 is 1.42 bits per heavy atom. The number of ether oxygens (including phenoxy) is 1. The van der Waals surface area contributed by atoms with Crippen molar-refractivity contribution in [1.29, 1.82) is 0 Å². The first-order chi connectivity index (χ1) is 8.93. The van der Waals surface area contributed by atoms with Crippen molar-refractivity contribution in [1.82, 2.24) is 5.32 Å². The van der Waals surface area contributed by atoms with Crippen LogP contribution >= 0.6 is 11.6 Å². The number of rotatable bonds is 4. The van der Waals surface area contributed by atoms with Crippen molar-refractivity contribution in [3.8, 4) is 5.75 Å². The number of anilines is 1. The Hall–Kier alpha value is -1.68. The van der Waals surface area contributed by atoms with Crippen LogP contribution in [0.15, 0.2) is 30.0 Å². The maximum Gasteiger partial charge on any atom is 0.323 e. The molecule has 0 saturated heterocycles. The average molecular weight is 283 g/mol. The third-order valence-corrected chi connectivity index (χ3v) is 2.99. The van der Waals surface area contributed by atoms with Crippen molar-refractivity contribution in [2.24, 2.45) is 5.92 Å². The molecular formula is C14H19ClN2O2. The molecule has 2 N–H and O–H groups in total. The maximum atomic E-state index is 11.8. The van der Waals surface area contributed by atoms with Gasteiger partial charge in [0.1, 0.15) is 5.75 Å². The average Bonchev–Trinajstić information content (AvgIpc) is 2.36. The Morgan fingerprint density at radius 3 is 2.68 bits per heavy atom. The molecule has 19 heavy (non-hydrogen) atoms. The van der Waals surface area contributed by atoms with Gasteiger partial charge in [0.05, 0.1) is 12.8 Å². The lowest BCUT2D eigenvalue weighted by Crippen LogP contribution is -2.24. The number of methoxy groups -OCH3 is 1. The van der Waals surface area contributed by atoms with E-state index in [0.29, 0.717) is 22.4 Å². The fraction of sp³-hybridized carbons (Fsp3) is 0.357. The first-order valence-corrected chi connectivity index (χ1v) is 6.39. The van der Waals surface area contributed by atoms with Gasteiger partial charge in [0.2, 0.25) is 0 Å². The van der Waals surface area contributed by atoms with E-state index in [4.69, 9.17) is 16.3 Å². The van der Waals surface area contributed by atoms with Crippen molar-refractivity contribution in [3.63, 3.8) is 0 Å². The van der Waals surface area contributed by atoms with Gasteiger partial charge < -0.3 is 15.4 Å². The smallest absolute Gasteiger partial charge is 0.323 e. The lowest BCUT2D eigenvalue weighted by molar-refractivity contribution is 0.255. The Balaban J connectivity index is 2.72. The largest absolute Gasteiger partial charge is 0.495 e. The highest BCUT2D eigenvalue weighted by Crippen LogP contribution is 2.27. The van der Waals surface area contributed by atoms with Crippen molar-refractivity contribution < 1.29 is 9.53 Å².